The fourth-order valence-electron chi connectivity index (χ4n) is 0.581. The lowest BCUT2D eigenvalue weighted by Crippen LogP contribution is -2.19. The Kier molecular flexibility index (Phi) is 6.39. The minimum absolute atomic E-state index is 0.303. The summed E-state index contributed by atoms with van der Waals surface area (Å²) < 4.78 is 9.07. The Morgan fingerprint density at radius 3 is 2.29 bits per heavy atom. The average molecular weight is 201 g/mol. The average Bonchev–Trinajstić information content (AvgIpc) is 2.13. The third kappa shape index (κ3) is 7.30. The van der Waals surface area contributed by atoms with Crippen LogP contribution in [0, 0.1) is 0 Å². The zero-order valence-corrected chi connectivity index (χ0v) is 8.65. The lowest BCUT2D eigenvalue weighted by Gasteiger charge is -2.08. The molecule has 0 atom stereocenters. The number of methoxy groups -OCH3 is 1. The molecule has 0 saturated heterocycles. The van der Waals surface area contributed by atoms with Crippen molar-refractivity contribution in [2.24, 2.45) is 0 Å². The predicted molar refractivity (Wildman–Crippen MR) is 50.7 cm³/mol. The van der Waals surface area contributed by atoms with E-state index in [9.17, 15) is 9.59 Å². The normalized spacial score (nSPS) is 10.6. The van der Waals surface area contributed by atoms with Gasteiger partial charge in [-0.05, 0) is 14.1 Å². The molecule has 5 nitrogen and oxygen atoms in total. The monoisotopic (exact) mass is 201 g/mol. The molecule has 0 spiro atoms. The summed E-state index contributed by atoms with van der Waals surface area (Å²) in [6.07, 6.45) is 2.07. The van der Waals surface area contributed by atoms with Crippen LogP contribution in [0.1, 0.15) is 0 Å². The quantitative estimate of drug-likeness (QED) is 0.456. The van der Waals surface area contributed by atoms with Gasteiger partial charge < -0.3 is 14.4 Å². The Hall–Kier alpha value is -1.36. The highest BCUT2D eigenvalue weighted by molar-refractivity contribution is 5.91. The first-order chi connectivity index (χ1) is 6.56. The molecule has 80 valence electrons. The predicted octanol–water partition coefficient (Wildman–Crippen LogP) is -0.180. The smallest absolute Gasteiger partial charge is 0.331 e. The van der Waals surface area contributed by atoms with E-state index in [2.05, 4.69) is 4.74 Å². The maximum atomic E-state index is 10.9. The van der Waals surface area contributed by atoms with Crippen molar-refractivity contribution in [2.75, 3.05) is 34.4 Å². The topological polar surface area (TPSA) is 55.8 Å². The second-order valence-electron chi connectivity index (χ2n) is 2.83. The summed E-state index contributed by atoms with van der Waals surface area (Å²) in [5.41, 5.74) is 0. The molecule has 0 aliphatic rings. The first-order valence-corrected chi connectivity index (χ1v) is 4.13. The van der Waals surface area contributed by atoms with E-state index in [-0.39, 0.29) is 0 Å². The van der Waals surface area contributed by atoms with Crippen LogP contribution in [0.15, 0.2) is 12.2 Å². The summed E-state index contributed by atoms with van der Waals surface area (Å²) >= 11 is 0. The summed E-state index contributed by atoms with van der Waals surface area (Å²) in [7, 11) is 4.99. The van der Waals surface area contributed by atoms with Gasteiger partial charge in [-0.2, -0.15) is 0 Å². The van der Waals surface area contributed by atoms with Crippen molar-refractivity contribution in [1.29, 1.82) is 0 Å². The largest absolute Gasteiger partial charge is 0.466 e. The fraction of sp³-hybridized carbons (Fsp3) is 0.556. The van der Waals surface area contributed by atoms with Crippen LogP contribution in [0.25, 0.3) is 0 Å². The number of carbonyl (C=O) groups excluding carboxylic acids is 2. The van der Waals surface area contributed by atoms with E-state index < -0.39 is 11.9 Å². The van der Waals surface area contributed by atoms with E-state index in [1.54, 1.807) is 0 Å². The molecule has 0 unspecified atom stereocenters. The lowest BCUT2D eigenvalue weighted by atomic mass is 10.5. The van der Waals surface area contributed by atoms with Gasteiger partial charge >= 0.3 is 11.9 Å². The van der Waals surface area contributed by atoms with Crippen molar-refractivity contribution in [3.8, 4) is 0 Å². The number of hydrogen-bond acceptors (Lipinski definition) is 5. The van der Waals surface area contributed by atoms with Crippen LogP contribution in [0.3, 0.4) is 0 Å². The third-order valence-corrected chi connectivity index (χ3v) is 1.34. The molecule has 0 amide bonds. The summed E-state index contributed by atoms with van der Waals surface area (Å²) in [5.74, 6) is -1.12. The van der Waals surface area contributed by atoms with Gasteiger partial charge in [0.1, 0.15) is 6.61 Å². The van der Waals surface area contributed by atoms with E-state index in [1.807, 2.05) is 19.0 Å². The van der Waals surface area contributed by atoms with E-state index in [1.165, 1.54) is 7.11 Å². The van der Waals surface area contributed by atoms with Crippen molar-refractivity contribution in [3.05, 3.63) is 12.2 Å². The van der Waals surface area contributed by atoms with Crippen LogP contribution < -0.4 is 0 Å². The fourth-order valence-corrected chi connectivity index (χ4v) is 0.581. The van der Waals surface area contributed by atoms with Gasteiger partial charge in [-0.15, -0.1) is 0 Å². The Morgan fingerprint density at radius 2 is 1.79 bits per heavy atom. The van der Waals surface area contributed by atoms with Gasteiger partial charge in [-0.1, -0.05) is 0 Å². The van der Waals surface area contributed by atoms with Crippen LogP contribution in [-0.4, -0.2) is 51.2 Å². The van der Waals surface area contributed by atoms with Crippen LogP contribution in [-0.2, 0) is 19.1 Å². The molecule has 14 heavy (non-hydrogen) atoms. The van der Waals surface area contributed by atoms with Crippen LogP contribution in [0.2, 0.25) is 0 Å². The van der Waals surface area contributed by atoms with Gasteiger partial charge in [-0.3, -0.25) is 0 Å². The highest BCUT2D eigenvalue weighted by Gasteiger charge is 1.99. The van der Waals surface area contributed by atoms with Gasteiger partial charge in [0.15, 0.2) is 0 Å². The maximum absolute atomic E-state index is 10.9. The zero-order chi connectivity index (χ0) is 11.0. The van der Waals surface area contributed by atoms with Crippen molar-refractivity contribution in [1.82, 2.24) is 4.90 Å². The molecule has 0 radical (unpaired) electrons. The highest BCUT2D eigenvalue weighted by atomic mass is 16.5. The molecular formula is C9H15NO4. The highest BCUT2D eigenvalue weighted by Crippen LogP contribution is 1.85. The van der Waals surface area contributed by atoms with Crippen LogP contribution >= 0.6 is 0 Å². The Balaban J connectivity index is 3.65. The Bertz CT molecular complexity index is 223. The molecule has 0 N–H and O–H groups in total. The number of esters is 2. The number of rotatable bonds is 5. The Labute approximate surface area is 83.3 Å². The molecule has 0 fully saturated rings. The number of carbonyl (C=O) groups is 2. The zero-order valence-electron chi connectivity index (χ0n) is 8.65. The second kappa shape index (κ2) is 7.08. The first-order valence-electron chi connectivity index (χ1n) is 4.13. The molecule has 0 aromatic rings. The van der Waals surface area contributed by atoms with E-state index in [0.717, 1.165) is 12.2 Å². The molecule has 0 bridgehead atoms. The summed E-state index contributed by atoms with van der Waals surface area (Å²) in [6.45, 7) is 0.954. The molecule has 0 aromatic heterocycles. The number of likely N-dealkylation sites (N-methyl/N-ethyl adjacent to an activating group) is 1. The molecule has 0 saturated carbocycles. The molecule has 0 heterocycles. The van der Waals surface area contributed by atoms with Crippen molar-refractivity contribution >= 4 is 11.9 Å². The molecular weight excluding hydrogens is 186 g/mol. The standard InChI is InChI=1S/C9H15NO4/c1-10(2)6-7-14-9(12)5-4-8(11)13-3/h4-5H,6-7H2,1-3H3. The molecule has 0 aliphatic carbocycles. The summed E-state index contributed by atoms with van der Waals surface area (Å²) in [4.78, 5) is 23.4. The maximum Gasteiger partial charge on any atom is 0.331 e. The van der Waals surface area contributed by atoms with Crippen molar-refractivity contribution in [2.45, 2.75) is 0 Å². The van der Waals surface area contributed by atoms with Gasteiger partial charge in [-0.25, -0.2) is 9.59 Å². The first kappa shape index (κ1) is 12.6. The van der Waals surface area contributed by atoms with Crippen molar-refractivity contribution in [3.63, 3.8) is 0 Å². The summed E-state index contributed by atoms with van der Waals surface area (Å²) in [5, 5.41) is 0. The summed E-state index contributed by atoms with van der Waals surface area (Å²) in [6, 6.07) is 0. The minimum Gasteiger partial charge on any atom is -0.466 e. The lowest BCUT2D eigenvalue weighted by molar-refractivity contribution is -0.139. The molecule has 0 aliphatic heterocycles. The second-order valence-corrected chi connectivity index (χ2v) is 2.83. The molecule has 5 heteroatoms. The number of ether oxygens (including phenoxy) is 2. The van der Waals surface area contributed by atoms with Gasteiger partial charge in [0, 0.05) is 18.7 Å². The minimum atomic E-state index is -0.574. The SMILES string of the molecule is COC(=O)C=CC(=O)OCCN(C)C. The van der Waals surface area contributed by atoms with Crippen LogP contribution in [0.4, 0.5) is 0 Å². The molecule has 0 aromatic carbocycles. The Morgan fingerprint density at radius 1 is 1.21 bits per heavy atom. The van der Waals surface area contributed by atoms with Crippen molar-refractivity contribution < 1.29 is 19.1 Å². The number of nitrogens with zero attached hydrogens (tertiary/aromatic N) is 1. The third-order valence-electron chi connectivity index (χ3n) is 1.34. The van der Waals surface area contributed by atoms with Gasteiger partial charge in [0.05, 0.1) is 7.11 Å². The van der Waals surface area contributed by atoms with Gasteiger partial charge in [0.2, 0.25) is 0 Å². The molecule has 0 rings (SSSR count). The van der Waals surface area contributed by atoms with Crippen LogP contribution in [0.5, 0.6) is 0 Å². The van der Waals surface area contributed by atoms with E-state index in [4.69, 9.17) is 4.74 Å². The van der Waals surface area contributed by atoms with Gasteiger partial charge in [0.25, 0.3) is 0 Å². The number of hydrogen-bond donors (Lipinski definition) is 0. The van der Waals surface area contributed by atoms with E-state index >= 15 is 0 Å². The van der Waals surface area contributed by atoms with E-state index in [0.29, 0.717) is 13.2 Å².